The van der Waals surface area contributed by atoms with Gasteiger partial charge in [0.2, 0.25) is 0 Å². The van der Waals surface area contributed by atoms with E-state index in [4.69, 9.17) is 0 Å². The molecule has 47 heavy (non-hydrogen) atoms. The molecule has 1 saturated carbocycles. The van der Waals surface area contributed by atoms with E-state index in [1.54, 1.807) is 5.57 Å². The lowest BCUT2D eigenvalue weighted by molar-refractivity contribution is 0.188. The van der Waals surface area contributed by atoms with Gasteiger partial charge >= 0.3 is 0 Å². The normalized spacial score (nSPS) is 14.1. The molecular formula is C47H70. The molecule has 0 heterocycles. The van der Waals surface area contributed by atoms with E-state index >= 15 is 0 Å². The van der Waals surface area contributed by atoms with E-state index in [9.17, 15) is 0 Å². The average molecular weight is 635 g/mol. The fourth-order valence-corrected chi connectivity index (χ4v) is 6.23. The summed E-state index contributed by atoms with van der Waals surface area (Å²) in [6.45, 7) is 39.5. The first kappa shape index (κ1) is 43.6. The maximum atomic E-state index is 4.02. The third kappa shape index (κ3) is 13.7. The van der Waals surface area contributed by atoms with Crippen molar-refractivity contribution in [3.63, 3.8) is 0 Å². The molecule has 3 rings (SSSR count). The number of hydrogen-bond donors (Lipinski definition) is 0. The Labute approximate surface area is 292 Å². The molecule has 1 unspecified atom stereocenters. The zero-order valence-electron chi connectivity index (χ0n) is 32.3. The zero-order valence-corrected chi connectivity index (χ0v) is 32.3. The molecule has 1 aliphatic carbocycles. The lowest BCUT2D eigenvalue weighted by Crippen LogP contribution is -2.30. The van der Waals surface area contributed by atoms with Crippen LogP contribution in [0.1, 0.15) is 142 Å². The van der Waals surface area contributed by atoms with Gasteiger partial charge in [-0.25, -0.2) is 0 Å². The summed E-state index contributed by atoms with van der Waals surface area (Å²) < 4.78 is 0. The fourth-order valence-electron chi connectivity index (χ4n) is 6.23. The smallest absolute Gasteiger partial charge is 0.0119 e. The van der Waals surface area contributed by atoms with Crippen molar-refractivity contribution in [2.75, 3.05) is 0 Å². The molecule has 1 aliphatic rings. The van der Waals surface area contributed by atoms with Gasteiger partial charge in [0.05, 0.1) is 0 Å². The van der Waals surface area contributed by atoms with Gasteiger partial charge in [-0.05, 0) is 116 Å². The third-order valence-electron chi connectivity index (χ3n) is 9.43. The topological polar surface area (TPSA) is 0 Å². The van der Waals surface area contributed by atoms with Crippen LogP contribution in [0, 0.1) is 18.3 Å². The van der Waals surface area contributed by atoms with E-state index in [2.05, 4.69) is 142 Å². The molecular weight excluding hydrogens is 565 g/mol. The minimum Gasteiger partial charge on any atom is -0.106 e. The SMILES string of the molecule is C=C.C=CCCC(CCC)/C(C=C)=C/C(=C\C)C(=C)C.CC.CCC1(CC)CC(=C(c2ccc(C)cc2)c2ccc(C(C)C)cc2)C1. The van der Waals surface area contributed by atoms with Crippen LogP contribution in [0.3, 0.4) is 0 Å². The van der Waals surface area contributed by atoms with E-state index in [0.29, 0.717) is 17.3 Å². The Balaban J connectivity index is 0.000000855. The molecule has 2 aromatic rings. The summed E-state index contributed by atoms with van der Waals surface area (Å²) in [5.41, 5.74) is 12.8. The van der Waals surface area contributed by atoms with Gasteiger partial charge in [-0.3, -0.25) is 0 Å². The quantitative estimate of drug-likeness (QED) is 0.143. The summed E-state index contributed by atoms with van der Waals surface area (Å²) in [6, 6.07) is 18.3. The second-order valence-corrected chi connectivity index (χ2v) is 12.9. The van der Waals surface area contributed by atoms with Gasteiger partial charge in [0.25, 0.3) is 0 Å². The van der Waals surface area contributed by atoms with Crippen molar-refractivity contribution < 1.29 is 0 Å². The predicted molar refractivity (Wildman–Crippen MR) is 217 cm³/mol. The van der Waals surface area contributed by atoms with Crippen molar-refractivity contribution in [1.82, 2.24) is 0 Å². The molecule has 0 heteroatoms. The molecule has 0 aromatic heterocycles. The standard InChI is InChI=1S/C25H32.C18H28.C2H6.C2H4/c1-6-25(7-2)16-23(17-25)24(21-10-8-19(5)9-11-21)22-14-12-20(13-15-22)18(3)4;1-7-11-13-18(12-8-2)17(10-4)14-16(9-3)15(5)6;2*1-2/h8-15,18H,6-7,16-17H2,1-5H3;7,9-10,14,18H,1,4-5,8,11-13H2,2-3,6H3;1-2H3;1-2H2/b;16-9+,17-14+;;. The molecule has 258 valence electrons. The molecule has 0 amide bonds. The summed E-state index contributed by atoms with van der Waals surface area (Å²) in [4.78, 5) is 0. The summed E-state index contributed by atoms with van der Waals surface area (Å²) in [5, 5.41) is 0. The Morgan fingerprint density at radius 3 is 1.74 bits per heavy atom. The molecule has 0 N–H and O–H groups in total. The second kappa shape index (κ2) is 23.9. The van der Waals surface area contributed by atoms with Crippen molar-refractivity contribution in [3.8, 4) is 0 Å². The highest BCUT2D eigenvalue weighted by Crippen LogP contribution is 2.53. The molecule has 0 radical (unpaired) electrons. The number of benzene rings is 2. The van der Waals surface area contributed by atoms with Crippen LogP contribution in [0.2, 0.25) is 0 Å². The number of hydrogen-bond acceptors (Lipinski definition) is 0. The van der Waals surface area contributed by atoms with Gasteiger partial charge in [0.15, 0.2) is 0 Å². The van der Waals surface area contributed by atoms with E-state index in [0.717, 1.165) is 18.4 Å². The van der Waals surface area contributed by atoms with Crippen molar-refractivity contribution in [2.45, 2.75) is 127 Å². The van der Waals surface area contributed by atoms with Crippen LogP contribution in [0.4, 0.5) is 0 Å². The van der Waals surface area contributed by atoms with Gasteiger partial charge < -0.3 is 0 Å². The summed E-state index contributed by atoms with van der Waals surface area (Å²) in [7, 11) is 0. The number of rotatable bonds is 14. The molecule has 0 spiro atoms. The average Bonchev–Trinajstić information content (AvgIpc) is 3.08. The Hall–Kier alpha value is -3.38. The highest BCUT2D eigenvalue weighted by atomic mass is 14.4. The minimum atomic E-state index is 0.545. The molecule has 0 bridgehead atoms. The second-order valence-electron chi connectivity index (χ2n) is 12.9. The zero-order chi connectivity index (χ0) is 36.0. The number of aryl methyl sites for hydroxylation is 1. The first-order valence-electron chi connectivity index (χ1n) is 18.2. The highest BCUT2D eigenvalue weighted by Gasteiger charge is 2.39. The molecule has 1 atom stereocenters. The van der Waals surface area contributed by atoms with Gasteiger partial charge in [-0.2, -0.15) is 0 Å². The van der Waals surface area contributed by atoms with Crippen LogP contribution in [-0.4, -0.2) is 0 Å². The maximum Gasteiger partial charge on any atom is -0.0119 e. The van der Waals surface area contributed by atoms with Crippen molar-refractivity contribution in [1.29, 1.82) is 0 Å². The number of allylic oxidation sites excluding steroid dienone is 8. The van der Waals surface area contributed by atoms with E-state index in [1.807, 2.05) is 32.9 Å². The summed E-state index contributed by atoms with van der Waals surface area (Å²) >= 11 is 0. The Bertz CT molecular complexity index is 1270. The highest BCUT2D eigenvalue weighted by molar-refractivity contribution is 5.83. The Kier molecular flexibility index (Phi) is 22.1. The molecule has 0 saturated heterocycles. The van der Waals surface area contributed by atoms with Crippen LogP contribution >= 0.6 is 0 Å². The van der Waals surface area contributed by atoms with Gasteiger partial charge in [0.1, 0.15) is 0 Å². The molecule has 1 fully saturated rings. The van der Waals surface area contributed by atoms with Crippen LogP contribution in [0.5, 0.6) is 0 Å². The van der Waals surface area contributed by atoms with Gasteiger partial charge in [0, 0.05) is 0 Å². The fraction of sp³-hybridized carbons (Fsp3) is 0.447. The minimum absolute atomic E-state index is 0.545. The summed E-state index contributed by atoms with van der Waals surface area (Å²) in [6.07, 6.45) is 18.1. The van der Waals surface area contributed by atoms with Crippen molar-refractivity contribution in [2.24, 2.45) is 11.3 Å². The molecule has 0 aliphatic heterocycles. The Morgan fingerprint density at radius 1 is 0.851 bits per heavy atom. The lowest BCUT2D eigenvalue weighted by Gasteiger charge is -2.44. The molecule has 0 nitrogen and oxygen atoms in total. The largest absolute Gasteiger partial charge is 0.106 e. The third-order valence-corrected chi connectivity index (χ3v) is 9.43. The van der Waals surface area contributed by atoms with Crippen LogP contribution < -0.4 is 0 Å². The molecule has 2 aromatic carbocycles. The Morgan fingerprint density at radius 2 is 1.36 bits per heavy atom. The van der Waals surface area contributed by atoms with Gasteiger partial charge in [-0.15, -0.1) is 19.7 Å². The lowest BCUT2D eigenvalue weighted by atomic mass is 9.60. The maximum absolute atomic E-state index is 4.02. The summed E-state index contributed by atoms with van der Waals surface area (Å²) in [5.74, 6) is 1.17. The van der Waals surface area contributed by atoms with Crippen molar-refractivity contribution >= 4 is 5.57 Å². The van der Waals surface area contributed by atoms with E-state index in [-0.39, 0.29) is 0 Å². The van der Waals surface area contributed by atoms with Gasteiger partial charge in [-0.1, -0.05) is 158 Å². The van der Waals surface area contributed by atoms with E-state index in [1.165, 1.54) is 77.5 Å². The van der Waals surface area contributed by atoms with E-state index < -0.39 is 0 Å². The van der Waals surface area contributed by atoms with Crippen LogP contribution in [-0.2, 0) is 0 Å². The predicted octanol–water partition coefficient (Wildman–Crippen LogP) is 15.4. The van der Waals surface area contributed by atoms with Crippen molar-refractivity contribution in [3.05, 3.63) is 150 Å². The van der Waals surface area contributed by atoms with Crippen LogP contribution in [0.25, 0.3) is 5.57 Å². The first-order valence-corrected chi connectivity index (χ1v) is 18.2. The van der Waals surface area contributed by atoms with Crippen LogP contribution in [0.15, 0.2) is 128 Å². The first-order chi connectivity index (χ1) is 22.6. The monoisotopic (exact) mass is 635 g/mol.